The lowest BCUT2D eigenvalue weighted by molar-refractivity contribution is 0.326. The third kappa shape index (κ3) is 2.93. The summed E-state index contributed by atoms with van der Waals surface area (Å²) in [4.78, 5) is 8.34. The summed E-state index contributed by atoms with van der Waals surface area (Å²) < 4.78 is 5.29. The average molecular weight is 235 g/mol. The monoisotopic (exact) mass is 235 g/mol. The first kappa shape index (κ1) is 10.9. The van der Waals surface area contributed by atoms with Gasteiger partial charge in [-0.3, -0.25) is 0 Å². The van der Waals surface area contributed by atoms with E-state index in [4.69, 9.17) is 4.74 Å². The van der Waals surface area contributed by atoms with Crippen LogP contribution in [0.25, 0.3) is 0 Å². The van der Waals surface area contributed by atoms with E-state index in [1.54, 1.807) is 23.6 Å². The largest absolute Gasteiger partial charge is 0.478 e. The summed E-state index contributed by atoms with van der Waals surface area (Å²) in [5, 5.41) is 7.30. The fourth-order valence-electron chi connectivity index (χ4n) is 1.23. The molecule has 0 radical (unpaired) electrons. The zero-order chi connectivity index (χ0) is 11.2. The second kappa shape index (κ2) is 5.46. The van der Waals surface area contributed by atoms with Crippen molar-refractivity contribution in [2.45, 2.75) is 13.5 Å². The maximum Gasteiger partial charge on any atom is 0.226 e. The van der Waals surface area contributed by atoms with Crippen molar-refractivity contribution in [1.82, 2.24) is 9.97 Å². The second-order valence-electron chi connectivity index (χ2n) is 3.14. The molecule has 4 nitrogen and oxygen atoms in total. The first-order valence-electron chi connectivity index (χ1n) is 5.09. The molecular weight excluding hydrogens is 222 g/mol. The SMILES string of the molecule is CCOc1ccnc(NCc2ccsc2)n1. The summed E-state index contributed by atoms with van der Waals surface area (Å²) in [5.41, 5.74) is 1.23. The number of nitrogens with one attached hydrogen (secondary N) is 1. The lowest BCUT2D eigenvalue weighted by atomic mass is 10.3. The summed E-state index contributed by atoms with van der Waals surface area (Å²) in [6, 6.07) is 3.82. The van der Waals surface area contributed by atoms with Crippen LogP contribution in [-0.4, -0.2) is 16.6 Å². The van der Waals surface area contributed by atoms with E-state index in [0.717, 1.165) is 6.54 Å². The van der Waals surface area contributed by atoms with E-state index in [1.807, 2.05) is 6.92 Å². The van der Waals surface area contributed by atoms with Gasteiger partial charge in [-0.25, -0.2) is 4.98 Å². The van der Waals surface area contributed by atoms with Gasteiger partial charge in [0.1, 0.15) is 0 Å². The van der Waals surface area contributed by atoms with Crippen molar-refractivity contribution in [3.63, 3.8) is 0 Å². The number of thiophene rings is 1. The highest BCUT2D eigenvalue weighted by molar-refractivity contribution is 7.07. The Hall–Kier alpha value is -1.62. The Labute approximate surface area is 98.3 Å². The van der Waals surface area contributed by atoms with Gasteiger partial charge in [-0.15, -0.1) is 0 Å². The Morgan fingerprint density at radius 3 is 3.12 bits per heavy atom. The van der Waals surface area contributed by atoms with Crippen LogP contribution >= 0.6 is 11.3 Å². The van der Waals surface area contributed by atoms with Crippen molar-refractivity contribution in [1.29, 1.82) is 0 Å². The third-order valence-electron chi connectivity index (χ3n) is 1.95. The van der Waals surface area contributed by atoms with Crippen LogP contribution in [0.4, 0.5) is 5.95 Å². The van der Waals surface area contributed by atoms with Gasteiger partial charge in [0, 0.05) is 18.8 Å². The van der Waals surface area contributed by atoms with Crippen LogP contribution in [0.1, 0.15) is 12.5 Å². The Bertz CT molecular complexity index is 431. The average Bonchev–Trinajstić information content (AvgIpc) is 2.80. The fraction of sp³-hybridized carbons (Fsp3) is 0.273. The van der Waals surface area contributed by atoms with Crippen LogP contribution in [-0.2, 0) is 6.54 Å². The van der Waals surface area contributed by atoms with Crippen molar-refractivity contribution < 1.29 is 4.74 Å². The zero-order valence-corrected chi connectivity index (χ0v) is 9.83. The van der Waals surface area contributed by atoms with Gasteiger partial charge < -0.3 is 10.1 Å². The van der Waals surface area contributed by atoms with Crippen LogP contribution in [0.15, 0.2) is 29.1 Å². The Balaban J connectivity index is 1.96. The lowest BCUT2D eigenvalue weighted by Crippen LogP contribution is -2.04. The summed E-state index contributed by atoms with van der Waals surface area (Å²) in [6.45, 7) is 3.28. The number of hydrogen-bond acceptors (Lipinski definition) is 5. The van der Waals surface area contributed by atoms with Crippen LogP contribution in [0.2, 0.25) is 0 Å². The van der Waals surface area contributed by atoms with Crippen LogP contribution < -0.4 is 10.1 Å². The molecule has 0 aliphatic rings. The minimum absolute atomic E-state index is 0.595. The molecule has 0 unspecified atom stereocenters. The van der Waals surface area contributed by atoms with E-state index in [0.29, 0.717) is 18.4 Å². The van der Waals surface area contributed by atoms with Gasteiger partial charge in [0.25, 0.3) is 0 Å². The van der Waals surface area contributed by atoms with Crippen molar-refractivity contribution in [2.24, 2.45) is 0 Å². The van der Waals surface area contributed by atoms with E-state index in [1.165, 1.54) is 5.56 Å². The smallest absolute Gasteiger partial charge is 0.226 e. The molecule has 0 saturated heterocycles. The second-order valence-corrected chi connectivity index (χ2v) is 3.92. The number of rotatable bonds is 5. The van der Waals surface area contributed by atoms with E-state index in [2.05, 4.69) is 32.1 Å². The summed E-state index contributed by atoms with van der Waals surface area (Å²) >= 11 is 1.68. The van der Waals surface area contributed by atoms with E-state index in [9.17, 15) is 0 Å². The highest BCUT2D eigenvalue weighted by Crippen LogP contribution is 2.11. The van der Waals surface area contributed by atoms with Crippen LogP contribution in [0.5, 0.6) is 5.88 Å². The van der Waals surface area contributed by atoms with Gasteiger partial charge >= 0.3 is 0 Å². The quantitative estimate of drug-likeness (QED) is 0.865. The number of anilines is 1. The van der Waals surface area contributed by atoms with Gasteiger partial charge in [0.15, 0.2) is 0 Å². The van der Waals surface area contributed by atoms with E-state index in [-0.39, 0.29) is 0 Å². The molecule has 2 rings (SSSR count). The number of ether oxygens (including phenoxy) is 1. The maximum absolute atomic E-state index is 5.29. The molecular formula is C11H13N3OS. The Kier molecular flexibility index (Phi) is 3.71. The molecule has 2 aromatic heterocycles. The van der Waals surface area contributed by atoms with Gasteiger partial charge in [0.05, 0.1) is 6.61 Å². The predicted molar refractivity (Wildman–Crippen MR) is 64.8 cm³/mol. The first-order chi connectivity index (χ1) is 7.88. The Morgan fingerprint density at radius 1 is 1.44 bits per heavy atom. The van der Waals surface area contributed by atoms with Gasteiger partial charge in [0.2, 0.25) is 11.8 Å². The zero-order valence-electron chi connectivity index (χ0n) is 9.01. The first-order valence-corrected chi connectivity index (χ1v) is 6.03. The van der Waals surface area contributed by atoms with Crippen molar-refractivity contribution in [3.05, 3.63) is 34.7 Å². The number of nitrogens with zero attached hydrogens (tertiary/aromatic N) is 2. The third-order valence-corrected chi connectivity index (χ3v) is 2.69. The van der Waals surface area contributed by atoms with Crippen molar-refractivity contribution in [3.8, 4) is 5.88 Å². The van der Waals surface area contributed by atoms with Gasteiger partial charge in [-0.1, -0.05) is 0 Å². The topological polar surface area (TPSA) is 47.0 Å². The predicted octanol–water partition coefficient (Wildman–Crippen LogP) is 2.55. The summed E-state index contributed by atoms with van der Waals surface area (Å²) in [5.74, 6) is 1.20. The van der Waals surface area contributed by atoms with Crippen LogP contribution in [0.3, 0.4) is 0 Å². The molecule has 84 valence electrons. The summed E-state index contributed by atoms with van der Waals surface area (Å²) in [6.07, 6.45) is 1.69. The molecule has 0 saturated carbocycles. The molecule has 0 aliphatic carbocycles. The standard InChI is InChI=1S/C11H13N3OS/c1-2-15-10-3-5-12-11(14-10)13-7-9-4-6-16-8-9/h3-6,8H,2,7H2,1H3,(H,12,13,14). The molecule has 2 heterocycles. The molecule has 2 aromatic rings. The molecule has 0 aliphatic heterocycles. The highest BCUT2D eigenvalue weighted by atomic mass is 32.1. The fourth-order valence-corrected chi connectivity index (χ4v) is 1.90. The molecule has 0 bridgehead atoms. The minimum atomic E-state index is 0.595. The van der Waals surface area contributed by atoms with Crippen molar-refractivity contribution >= 4 is 17.3 Å². The van der Waals surface area contributed by atoms with Gasteiger partial charge in [-0.2, -0.15) is 16.3 Å². The molecule has 1 N–H and O–H groups in total. The molecule has 16 heavy (non-hydrogen) atoms. The van der Waals surface area contributed by atoms with Gasteiger partial charge in [-0.05, 0) is 29.3 Å². The normalized spacial score (nSPS) is 10.1. The maximum atomic E-state index is 5.29. The summed E-state index contributed by atoms with van der Waals surface area (Å²) in [7, 11) is 0. The van der Waals surface area contributed by atoms with Crippen LogP contribution in [0, 0.1) is 0 Å². The van der Waals surface area contributed by atoms with Crippen molar-refractivity contribution in [2.75, 3.05) is 11.9 Å². The van der Waals surface area contributed by atoms with E-state index >= 15 is 0 Å². The highest BCUT2D eigenvalue weighted by Gasteiger charge is 1.99. The molecule has 0 spiro atoms. The molecule has 0 aromatic carbocycles. The minimum Gasteiger partial charge on any atom is -0.478 e. The number of aromatic nitrogens is 2. The van der Waals surface area contributed by atoms with E-state index < -0.39 is 0 Å². The number of hydrogen-bond donors (Lipinski definition) is 1. The Morgan fingerprint density at radius 2 is 2.38 bits per heavy atom. The molecule has 0 amide bonds. The lowest BCUT2D eigenvalue weighted by Gasteiger charge is -2.05. The molecule has 5 heteroatoms. The molecule has 0 fully saturated rings. The molecule has 0 atom stereocenters.